The molecule has 1 aliphatic rings. The molecule has 3 heterocycles. The van der Waals surface area contributed by atoms with E-state index in [1.165, 1.54) is 22.6 Å². The van der Waals surface area contributed by atoms with Crippen molar-refractivity contribution < 1.29 is 9.53 Å². The summed E-state index contributed by atoms with van der Waals surface area (Å²) in [6, 6.07) is 18.5. The number of hydrogen-bond acceptors (Lipinski definition) is 7. The Bertz CT molecular complexity index is 1200. The lowest BCUT2D eigenvalue weighted by Crippen LogP contribution is -2.36. The minimum absolute atomic E-state index is 0.0351. The number of ether oxygens (including phenoxy) is 1. The first-order valence-electron chi connectivity index (χ1n) is 11.0. The van der Waals surface area contributed by atoms with Crippen molar-refractivity contribution in [2.24, 2.45) is 0 Å². The van der Waals surface area contributed by atoms with Crippen molar-refractivity contribution in [2.75, 3.05) is 31.2 Å². The van der Waals surface area contributed by atoms with E-state index in [0.717, 1.165) is 48.9 Å². The molecule has 0 bridgehead atoms. The van der Waals surface area contributed by atoms with Gasteiger partial charge in [-0.05, 0) is 29.3 Å². The van der Waals surface area contributed by atoms with Gasteiger partial charge in [0.2, 0.25) is 0 Å². The largest absolute Gasteiger partial charge is 0.378 e. The number of aromatic nitrogens is 3. The number of morpholine rings is 1. The van der Waals surface area contributed by atoms with Crippen LogP contribution in [0.5, 0.6) is 0 Å². The number of carbonyl (C=O) groups is 1. The molecule has 2 aromatic heterocycles. The van der Waals surface area contributed by atoms with Gasteiger partial charge in [-0.15, -0.1) is 11.3 Å². The van der Waals surface area contributed by atoms with Crippen LogP contribution in [0.4, 0.5) is 5.69 Å². The van der Waals surface area contributed by atoms with Gasteiger partial charge in [-0.3, -0.25) is 4.79 Å². The summed E-state index contributed by atoms with van der Waals surface area (Å²) in [7, 11) is 0. The number of hydrogen-bond donors (Lipinski definition) is 0. The van der Waals surface area contributed by atoms with Crippen LogP contribution in [0.1, 0.15) is 27.4 Å². The second-order valence-electron chi connectivity index (χ2n) is 7.97. The molecule has 1 aliphatic heterocycles. The molecule has 0 radical (unpaired) electrons. The standard InChI is InChI=1S/C26H24N4O2S/c31-25(24-17-33-18-28-24)15-19-1-5-21(6-2-19)23-9-10-27-26(29-23)16-20-3-7-22(8-4-20)30-11-13-32-14-12-30/h1-10,17-18H,11-16H2. The molecule has 1 fully saturated rings. The van der Waals surface area contributed by atoms with Gasteiger partial charge >= 0.3 is 0 Å². The maximum Gasteiger partial charge on any atom is 0.186 e. The van der Waals surface area contributed by atoms with E-state index in [9.17, 15) is 4.79 Å². The third-order valence-electron chi connectivity index (χ3n) is 5.71. The number of Topliss-reactive ketones (excluding diaryl/α,β-unsaturated/α-hetero) is 1. The lowest BCUT2D eigenvalue weighted by molar-refractivity contribution is 0.0989. The van der Waals surface area contributed by atoms with Crippen LogP contribution in [0.3, 0.4) is 0 Å². The molecule has 0 spiro atoms. The number of ketones is 1. The molecule has 0 amide bonds. The molecule has 2 aromatic carbocycles. The van der Waals surface area contributed by atoms with Gasteiger partial charge in [0.1, 0.15) is 11.5 Å². The van der Waals surface area contributed by atoms with E-state index in [-0.39, 0.29) is 5.78 Å². The normalized spacial score (nSPS) is 13.8. The Labute approximate surface area is 196 Å². The number of carbonyl (C=O) groups excluding carboxylic acids is 1. The summed E-state index contributed by atoms with van der Waals surface area (Å²) in [6.45, 7) is 3.43. The Hall–Kier alpha value is -3.42. The Morgan fingerprint density at radius 2 is 1.70 bits per heavy atom. The molecule has 0 saturated carbocycles. The SMILES string of the molecule is O=C(Cc1ccc(-c2ccnc(Cc3ccc(N4CCOCC4)cc3)n2)cc1)c1cscn1. The van der Waals surface area contributed by atoms with Crippen LogP contribution in [-0.4, -0.2) is 47.0 Å². The lowest BCUT2D eigenvalue weighted by atomic mass is 10.0. The van der Waals surface area contributed by atoms with Crippen molar-refractivity contribution in [1.29, 1.82) is 0 Å². The Kier molecular flexibility index (Phi) is 6.51. The van der Waals surface area contributed by atoms with Crippen LogP contribution in [0.15, 0.2) is 71.7 Å². The number of thiazole rings is 1. The van der Waals surface area contributed by atoms with Crippen molar-refractivity contribution in [1.82, 2.24) is 15.0 Å². The van der Waals surface area contributed by atoms with Crippen LogP contribution < -0.4 is 4.90 Å². The molecule has 33 heavy (non-hydrogen) atoms. The van der Waals surface area contributed by atoms with Gasteiger partial charge < -0.3 is 9.64 Å². The van der Waals surface area contributed by atoms with Crippen molar-refractivity contribution in [3.05, 3.63) is 94.3 Å². The molecule has 1 saturated heterocycles. The predicted octanol–water partition coefficient (Wildman–Crippen LogP) is 4.45. The second-order valence-corrected chi connectivity index (χ2v) is 8.69. The topological polar surface area (TPSA) is 68.2 Å². The lowest BCUT2D eigenvalue weighted by Gasteiger charge is -2.28. The highest BCUT2D eigenvalue weighted by Gasteiger charge is 2.12. The smallest absolute Gasteiger partial charge is 0.186 e. The van der Waals surface area contributed by atoms with E-state index in [1.54, 1.807) is 17.1 Å². The summed E-state index contributed by atoms with van der Waals surface area (Å²) in [5, 5.41) is 1.79. The van der Waals surface area contributed by atoms with Crippen LogP contribution >= 0.6 is 11.3 Å². The van der Waals surface area contributed by atoms with Crippen molar-refractivity contribution in [3.8, 4) is 11.3 Å². The van der Waals surface area contributed by atoms with Crippen LogP contribution in [0.25, 0.3) is 11.3 Å². The van der Waals surface area contributed by atoms with E-state index in [1.807, 2.05) is 30.3 Å². The molecule has 0 N–H and O–H groups in total. The molecular formula is C26H24N4O2S. The third kappa shape index (κ3) is 5.32. The molecule has 166 valence electrons. The highest BCUT2D eigenvalue weighted by molar-refractivity contribution is 7.07. The van der Waals surface area contributed by atoms with Crippen LogP contribution in [-0.2, 0) is 17.6 Å². The summed E-state index contributed by atoms with van der Waals surface area (Å²) < 4.78 is 5.43. The fourth-order valence-corrected chi connectivity index (χ4v) is 4.45. The number of benzene rings is 2. The number of anilines is 1. The summed E-state index contributed by atoms with van der Waals surface area (Å²) in [6.07, 6.45) is 2.83. The van der Waals surface area contributed by atoms with Crippen molar-refractivity contribution in [3.63, 3.8) is 0 Å². The van der Waals surface area contributed by atoms with E-state index in [4.69, 9.17) is 9.72 Å². The van der Waals surface area contributed by atoms with E-state index < -0.39 is 0 Å². The summed E-state index contributed by atoms with van der Waals surface area (Å²) in [5.74, 6) is 0.822. The average molecular weight is 457 g/mol. The highest BCUT2D eigenvalue weighted by atomic mass is 32.1. The van der Waals surface area contributed by atoms with Gasteiger partial charge in [0.05, 0.1) is 24.4 Å². The minimum atomic E-state index is 0.0351. The predicted molar refractivity (Wildman–Crippen MR) is 130 cm³/mol. The second kappa shape index (κ2) is 10.0. The summed E-state index contributed by atoms with van der Waals surface area (Å²) in [4.78, 5) is 28.0. The highest BCUT2D eigenvalue weighted by Crippen LogP contribution is 2.21. The van der Waals surface area contributed by atoms with E-state index in [0.29, 0.717) is 18.5 Å². The van der Waals surface area contributed by atoms with Gasteiger partial charge in [-0.25, -0.2) is 15.0 Å². The van der Waals surface area contributed by atoms with Gasteiger partial charge in [-0.2, -0.15) is 0 Å². The molecular weight excluding hydrogens is 432 g/mol. The van der Waals surface area contributed by atoms with E-state index in [2.05, 4.69) is 39.1 Å². The summed E-state index contributed by atoms with van der Waals surface area (Å²) in [5.41, 5.74) is 7.47. The monoisotopic (exact) mass is 456 g/mol. The van der Waals surface area contributed by atoms with Crippen LogP contribution in [0.2, 0.25) is 0 Å². The van der Waals surface area contributed by atoms with Gasteiger partial charge in [-0.1, -0.05) is 36.4 Å². The fourth-order valence-electron chi connectivity index (χ4n) is 3.89. The molecule has 0 unspecified atom stereocenters. The first-order valence-corrected chi connectivity index (χ1v) is 11.9. The Morgan fingerprint density at radius 1 is 0.939 bits per heavy atom. The molecule has 7 heteroatoms. The zero-order valence-electron chi connectivity index (χ0n) is 18.2. The molecule has 6 nitrogen and oxygen atoms in total. The third-order valence-corrected chi connectivity index (χ3v) is 6.30. The number of nitrogens with zero attached hydrogens (tertiary/aromatic N) is 4. The Morgan fingerprint density at radius 3 is 2.42 bits per heavy atom. The maximum atomic E-state index is 12.3. The first-order chi connectivity index (χ1) is 16.2. The zero-order chi connectivity index (χ0) is 22.5. The molecule has 0 aliphatic carbocycles. The van der Waals surface area contributed by atoms with Crippen molar-refractivity contribution in [2.45, 2.75) is 12.8 Å². The molecule has 4 aromatic rings. The average Bonchev–Trinajstić information content (AvgIpc) is 3.41. The first kappa shape index (κ1) is 21.4. The van der Waals surface area contributed by atoms with E-state index >= 15 is 0 Å². The fraction of sp³-hybridized carbons (Fsp3) is 0.231. The Balaban J connectivity index is 1.24. The maximum absolute atomic E-state index is 12.3. The van der Waals surface area contributed by atoms with Gasteiger partial charge in [0, 0.05) is 48.8 Å². The zero-order valence-corrected chi connectivity index (χ0v) is 19.0. The number of rotatable bonds is 7. The quantitative estimate of drug-likeness (QED) is 0.383. The minimum Gasteiger partial charge on any atom is -0.378 e. The van der Waals surface area contributed by atoms with Gasteiger partial charge in [0.15, 0.2) is 5.78 Å². The van der Waals surface area contributed by atoms with Gasteiger partial charge in [0.25, 0.3) is 0 Å². The summed E-state index contributed by atoms with van der Waals surface area (Å²) >= 11 is 1.43. The molecule has 0 atom stereocenters. The molecule has 5 rings (SSSR count). The van der Waals surface area contributed by atoms with Crippen LogP contribution in [0, 0.1) is 0 Å². The van der Waals surface area contributed by atoms with Crippen molar-refractivity contribution >= 4 is 22.8 Å².